The first kappa shape index (κ1) is 13.1. The third kappa shape index (κ3) is 2.18. The fourth-order valence-corrected chi connectivity index (χ4v) is 2.50. The van der Waals surface area contributed by atoms with E-state index in [4.69, 9.17) is 9.15 Å². The van der Waals surface area contributed by atoms with Gasteiger partial charge in [-0.15, -0.1) is 0 Å². The predicted molar refractivity (Wildman–Crippen MR) is 68.5 cm³/mol. The van der Waals surface area contributed by atoms with Crippen molar-refractivity contribution in [3.05, 3.63) is 51.9 Å². The molecule has 2 heterocycles. The molecule has 0 saturated carbocycles. The molecule has 0 bridgehead atoms. The zero-order valence-electron chi connectivity index (χ0n) is 9.95. The van der Waals surface area contributed by atoms with Gasteiger partial charge in [-0.3, -0.25) is 4.79 Å². The number of hydrogen-bond acceptors (Lipinski definition) is 3. The smallest absolute Gasteiger partial charge is 0.256 e. The molecule has 1 aliphatic heterocycles. The highest BCUT2D eigenvalue weighted by Gasteiger charge is 2.30. The number of carbonyl (C=O) groups excluding carboxylic acids is 1. The molecule has 0 aliphatic carbocycles. The van der Waals surface area contributed by atoms with Gasteiger partial charge >= 0.3 is 0 Å². The van der Waals surface area contributed by atoms with E-state index in [1.165, 1.54) is 12.3 Å². The highest BCUT2D eigenvalue weighted by Crippen LogP contribution is 2.35. The first-order chi connectivity index (χ1) is 9.56. The minimum absolute atomic E-state index is 0.0525. The maximum atomic E-state index is 13.8. The SMILES string of the molecule is O=C(N[C@@H]1COc2cc(F)cc(F)c21)c1ccoc1Br. The molecule has 3 rings (SSSR count). The van der Waals surface area contributed by atoms with Gasteiger partial charge in [-0.05, 0) is 22.0 Å². The molecule has 1 atom stereocenters. The molecule has 0 radical (unpaired) electrons. The van der Waals surface area contributed by atoms with Gasteiger partial charge in [0.1, 0.15) is 24.0 Å². The number of fused-ring (bicyclic) bond motifs is 1. The number of ether oxygens (including phenoxy) is 1. The average molecular weight is 344 g/mol. The minimum atomic E-state index is -0.742. The van der Waals surface area contributed by atoms with Gasteiger partial charge in [-0.25, -0.2) is 8.78 Å². The van der Waals surface area contributed by atoms with Crippen LogP contribution in [-0.2, 0) is 0 Å². The Morgan fingerprint density at radius 3 is 2.90 bits per heavy atom. The lowest BCUT2D eigenvalue weighted by Crippen LogP contribution is -2.29. The van der Waals surface area contributed by atoms with Crippen LogP contribution in [0.1, 0.15) is 22.0 Å². The third-order valence-corrected chi connectivity index (χ3v) is 3.59. The Morgan fingerprint density at radius 2 is 2.20 bits per heavy atom. The number of hydrogen-bond donors (Lipinski definition) is 1. The monoisotopic (exact) mass is 343 g/mol. The van der Waals surface area contributed by atoms with Gasteiger partial charge in [0.25, 0.3) is 5.91 Å². The van der Waals surface area contributed by atoms with Gasteiger partial charge in [-0.2, -0.15) is 0 Å². The molecule has 1 N–H and O–H groups in total. The van der Waals surface area contributed by atoms with E-state index in [0.717, 1.165) is 12.1 Å². The summed E-state index contributed by atoms with van der Waals surface area (Å²) in [7, 11) is 0. The second-order valence-electron chi connectivity index (χ2n) is 4.24. The Labute approximate surface area is 120 Å². The van der Waals surface area contributed by atoms with Crippen molar-refractivity contribution >= 4 is 21.8 Å². The normalized spacial score (nSPS) is 16.6. The topological polar surface area (TPSA) is 51.5 Å². The summed E-state index contributed by atoms with van der Waals surface area (Å²) in [5, 5.41) is 2.62. The second-order valence-corrected chi connectivity index (χ2v) is 4.96. The lowest BCUT2D eigenvalue weighted by molar-refractivity contribution is 0.0928. The molecule has 0 unspecified atom stereocenters. The summed E-state index contributed by atoms with van der Waals surface area (Å²) < 4.78 is 37.3. The number of furan rings is 1. The van der Waals surface area contributed by atoms with E-state index in [-0.39, 0.29) is 22.6 Å². The van der Waals surface area contributed by atoms with Crippen LogP contribution in [-0.4, -0.2) is 12.5 Å². The fourth-order valence-electron chi connectivity index (χ4n) is 2.08. The highest BCUT2D eigenvalue weighted by atomic mass is 79.9. The fraction of sp³-hybridized carbons (Fsp3) is 0.154. The summed E-state index contributed by atoms with van der Waals surface area (Å²) in [4.78, 5) is 12.0. The third-order valence-electron chi connectivity index (χ3n) is 2.98. The Hall–Kier alpha value is -1.89. The van der Waals surface area contributed by atoms with Crippen LogP contribution < -0.4 is 10.1 Å². The van der Waals surface area contributed by atoms with E-state index < -0.39 is 23.6 Å². The van der Waals surface area contributed by atoms with Crippen LogP contribution in [0.25, 0.3) is 0 Å². The molecular formula is C13H8BrF2NO3. The van der Waals surface area contributed by atoms with Crippen LogP contribution in [0.2, 0.25) is 0 Å². The minimum Gasteiger partial charge on any atom is -0.490 e. The van der Waals surface area contributed by atoms with Crippen LogP contribution in [0.3, 0.4) is 0 Å². The number of nitrogens with one attached hydrogen (secondary N) is 1. The van der Waals surface area contributed by atoms with E-state index in [9.17, 15) is 13.6 Å². The first-order valence-electron chi connectivity index (χ1n) is 5.72. The second kappa shape index (κ2) is 4.90. The molecule has 4 nitrogen and oxygen atoms in total. The molecule has 20 heavy (non-hydrogen) atoms. The first-order valence-corrected chi connectivity index (χ1v) is 6.51. The molecule has 0 saturated heterocycles. The van der Waals surface area contributed by atoms with Gasteiger partial charge in [0.05, 0.1) is 23.4 Å². The van der Waals surface area contributed by atoms with E-state index in [1.54, 1.807) is 0 Å². The van der Waals surface area contributed by atoms with Crippen LogP contribution in [0.4, 0.5) is 8.78 Å². The lowest BCUT2D eigenvalue weighted by atomic mass is 10.1. The molecule has 0 spiro atoms. The van der Waals surface area contributed by atoms with Crippen molar-refractivity contribution in [2.45, 2.75) is 6.04 Å². The molecule has 1 aliphatic rings. The molecule has 2 aromatic rings. The summed E-state index contributed by atoms with van der Waals surface area (Å²) in [6.45, 7) is 0.0525. The van der Waals surface area contributed by atoms with E-state index in [0.29, 0.717) is 5.56 Å². The number of amides is 1. The summed E-state index contributed by atoms with van der Waals surface area (Å²) >= 11 is 3.09. The van der Waals surface area contributed by atoms with Gasteiger partial charge in [0.15, 0.2) is 4.67 Å². The van der Waals surface area contributed by atoms with Gasteiger partial charge in [0, 0.05) is 12.1 Å². The van der Waals surface area contributed by atoms with Crippen molar-refractivity contribution in [2.75, 3.05) is 6.61 Å². The summed E-state index contributed by atoms with van der Waals surface area (Å²) in [6.07, 6.45) is 1.36. The Balaban J connectivity index is 1.86. The average Bonchev–Trinajstić information content (AvgIpc) is 2.96. The largest absolute Gasteiger partial charge is 0.490 e. The zero-order valence-corrected chi connectivity index (χ0v) is 11.5. The van der Waals surface area contributed by atoms with Crippen molar-refractivity contribution < 1.29 is 22.7 Å². The van der Waals surface area contributed by atoms with Gasteiger partial charge < -0.3 is 14.5 Å². The molecule has 1 amide bonds. The van der Waals surface area contributed by atoms with Gasteiger partial charge in [-0.1, -0.05) is 0 Å². The van der Waals surface area contributed by atoms with E-state index in [1.807, 2.05) is 0 Å². The Morgan fingerprint density at radius 1 is 1.40 bits per heavy atom. The van der Waals surface area contributed by atoms with Gasteiger partial charge in [0.2, 0.25) is 0 Å². The van der Waals surface area contributed by atoms with E-state index in [2.05, 4.69) is 21.2 Å². The Kier molecular flexibility index (Phi) is 3.21. The van der Waals surface area contributed by atoms with Crippen molar-refractivity contribution in [1.82, 2.24) is 5.32 Å². The van der Waals surface area contributed by atoms with E-state index >= 15 is 0 Å². The highest BCUT2D eigenvalue weighted by molar-refractivity contribution is 9.10. The molecular weight excluding hydrogens is 336 g/mol. The maximum absolute atomic E-state index is 13.8. The standard InChI is InChI=1S/C13H8BrF2NO3/c14-12-7(1-2-19-12)13(18)17-9-5-20-10-4-6(15)3-8(16)11(9)10/h1-4,9H,5H2,(H,17,18)/t9-/m1/s1. The van der Waals surface area contributed by atoms with Crippen LogP contribution >= 0.6 is 15.9 Å². The predicted octanol–water partition coefficient (Wildman–Crippen LogP) is 3.18. The number of rotatable bonds is 2. The number of carbonyl (C=O) groups is 1. The molecule has 7 heteroatoms. The molecule has 1 aromatic heterocycles. The molecule has 0 fully saturated rings. The van der Waals surface area contributed by atoms with Crippen molar-refractivity contribution in [1.29, 1.82) is 0 Å². The zero-order chi connectivity index (χ0) is 14.3. The lowest BCUT2D eigenvalue weighted by Gasteiger charge is -2.11. The quantitative estimate of drug-likeness (QED) is 0.911. The maximum Gasteiger partial charge on any atom is 0.256 e. The van der Waals surface area contributed by atoms with Crippen molar-refractivity contribution in [3.63, 3.8) is 0 Å². The van der Waals surface area contributed by atoms with Crippen LogP contribution in [0, 0.1) is 11.6 Å². The van der Waals surface area contributed by atoms with Crippen LogP contribution in [0.15, 0.2) is 33.5 Å². The number of halogens is 3. The molecule has 1 aromatic carbocycles. The summed E-state index contributed by atoms with van der Waals surface area (Å²) in [5.74, 6) is -1.78. The summed E-state index contributed by atoms with van der Waals surface area (Å²) in [5.41, 5.74) is 0.445. The Bertz CT molecular complexity index is 686. The van der Waals surface area contributed by atoms with Crippen molar-refractivity contribution in [2.24, 2.45) is 0 Å². The summed E-state index contributed by atoms with van der Waals surface area (Å²) in [6, 6.07) is 2.68. The molecule has 104 valence electrons. The van der Waals surface area contributed by atoms with Crippen molar-refractivity contribution in [3.8, 4) is 5.75 Å². The van der Waals surface area contributed by atoms with Crippen LogP contribution in [0.5, 0.6) is 5.75 Å². The number of benzene rings is 1.